The molecule has 1 aliphatic carbocycles. The maximum absolute atomic E-state index is 12.3. The van der Waals surface area contributed by atoms with Crippen LogP contribution in [0.25, 0.3) is 0 Å². The van der Waals surface area contributed by atoms with E-state index in [0.717, 1.165) is 19.3 Å². The van der Waals surface area contributed by atoms with Crippen LogP contribution in [0.3, 0.4) is 0 Å². The monoisotopic (exact) mass is 396 g/mol. The van der Waals surface area contributed by atoms with Gasteiger partial charge >= 0.3 is 5.97 Å². The summed E-state index contributed by atoms with van der Waals surface area (Å²) in [4.78, 5) is 36.5. The zero-order valence-corrected chi connectivity index (χ0v) is 16.7. The minimum Gasteiger partial charge on any atom is -0.493 e. The highest BCUT2D eigenvalue weighted by Gasteiger charge is 2.17. The number of ether oxygens (including phenoxy) is 3. The Hall–Kier alpha value is -3.15. The molecule has 6 heteroatoms. The average Bonchev–Trinajstić information content (AvgIpc) is 3.23. The second-order valence-corrected chi connectivity index (χ2v) is 6.91. The van der Waals surface area contributed by atoms with Gasteiger partial charge in [-0.2, -0.15) is 0 Å². The fourth-order valence-corrected chi connectivity index (χ4v) is 3.42. The first kappa shape index (κ1) is 20.6. The van der Waals surface area contributed by atoms with Crippen molar-refractivity contribution in [3.8, 4) is 11.5 Å². The van der Waals surface area contributed by atoms with E-state index < -0.39 is 5.97 Å². The summed E-state index contributed by atoms with van der Waals surface area (Å²) in [6.07, 6.45) is 3.17. The van der Waals surface area contributed by atoms with Gasteiger partial charge < -0.3 is 14.2 Å². The van der Waals surface area contributed by atoms with Crippen LogP contribution in [0.15, 0.2) is 36.4 Å². The molecule has 29 heavy (non-hydrogen) atoms. The topological polar surface area (TPSA) is 78.9 Å². The van der Waals surface area contributed by atoms with E-state index in [1.165, 1.54) is 31.4 Å². The van der Waals surface area contributed by atoms with Crippen LogP contribution >= 0.6 is 0 Å². The fourth-order valence-electron chi connectivity index (χ4n) is 3.42. The van der Waals surface area contributed by atoms with Crippen LogP contribution in [-0.2, 0) is 22.4 Å². The summed E-state index contributed by atoms with van der Waals surface area (Å²) in [5.41, 5.74) is 3.50. The van der Waals surface area contributed by atoms with Crippen molar-refractivity contribution in [2.75, 3.05) is 20.8 Å². The van der Waals surface area contributed by atoms with Gasteiger partial charge in [-0.1, -0.05) is 12.1 Å². The van der Waals surface area contributed by atoms with E-state index in [1.807, 2.05) is 18.2 Å². The minimum atomic E-state index is -0.576. The van der Waals surface area contributed by atoms with E-state index >= 15 is 0 Å². The van der Waals surface area contributed by atoms with Gasteiger partial charge in [-0.15, -0.1) is 0 Å². The van der Waals surface area contributed by atoms with E-state index in [2.05, 4.69) is 0 Å². The van der Waals surface area contributed by atoms with Gasteiger partial charge in [0.05, 0.1) is 20.6 Å². The Labute approximate surface area is 169 Å². The number of fused-ring (bicyclic) bond motifs is 1. The SMILES string of the molecule is COc1ccc(C(=O)COC(=O)CCC(=O)c2ccc3c(c2)CCC3)cc1OC. The van der Waals surface area contributed by atoms with Crippen molar-refractivity contribution in [1.29, 1.82) is 0 Å². The largest absolute Gasteiger partial charge is 0.493 e. The molecule has 0 unspecified atom stereocenters. The minimum absolute atomic E-state index is 0.0577. The first-order valence-electron chi connectivity index (χ1n) is 9.57. The lowest BCUT2D eigenvalue weighted by Crippen LogP contribution is -2.15. The van der Waals surface area contributed by atoms with Gasteiger partial charge in [-0.05, 0) is 54.7 Å². The number of hydrogen-bond donors (Lipinski definition) is 0. The van der Waals surface area contributed by atoms with E-state index in [-0.39, 0.29) is 31.0 Å². The summed E-state index contributed by atoms with van der Waals surface area (Å²) in [6, 6.07) is 10.5. The molecule has 0 N–H and O–H groups in total. The van der Waals surface area contributed by atoms with Gasteiger partial charge in [0.25, 0.3) is 0 Å². The molecule has 6 nitrogen and oxygen atoms in total. The molecule has 0 aliphatic heterocycles. The molecule has 0 spiro atoms. The average molecular weight is 396 g/mol. The molecule has 0 atom stereocenters. The standard InChI is InChI=1S/C23H24O6/c1-27-21-10-8-18(13-22(21)28-2)20(25)14-29-23(26)11-9-19(24)17-7-6-15-4-3-5-16(15)12-17/h6-8,10,12-13H,3-5,9,11,14H2,1-2H3. The van der Waals surface area contributed by atoms with Crippen molar-refractivity contribution in [1.82, 2.24) is 0 Å². The van der Waals surface area contributed by atoms with Gasteiger partial charge in [-0.3, -0.25) is 14.4 Å². The lowest BCUT2D eigenvalue weighted by Gasteiger charge is -2.09. The second kappa shape index (κ2) is 9.37. The number of carbonyl (C=O) groups excluding carboxylic acids is 3. The van der Waals surface area contributed by atoms with E-state index in [4.69, 9.17) is 14.2 Å². The van der Waals surface area contributed by atoms with Gasteiger partial charge in [0, 0.05) is 17.5 Å². The predicted molar refractivity (Wildman–Crippen MR) is 107 cm³/mol. The molecule has 2 aromatic carbocycles. The number of ketones is 2. The highest BCUT2D eigenvalue weighted by Crippen LogP contribution is 2.27. The highest BCUT2D eigenvalue weighted by atomic mass is 16.5. The van der Waals surface area contributed by atoms with Gasteiger partial charge in [-0.25, -0.2) is 0 Å². The Kier molecular flexibility index (Phi) is 6.65. The summed E-state index contributed by atoms with van der Waals surface area (Å²) in [5, 5.41) is 0. The fraction of sp³-hybridized carbons (Fsp3) is 0.348. The molecular formula is C23H24O6. The third kappa shape index (κ3) is 5.02. The lowest BCUT2D eigenvalue weighted by molar-refractivity contribution is -0.142. The summed E-state index contributed by atoms with van der Waals surface area (Å²) in [7, 11) is 2.98. The van der Waals surface area contributed by atoms with Crippen molar-refractivity contribution in [2.45, 2.75) is 32.1 Å². The maximum atomic E-state index is 12.3. The highest BCUT2D eigenvalue weighted by molar-refractivity contribution is 5.99. The summed E-state index contributed by atoms with van der Waals surface area (Å²) in [6.45, 7) is -0.388. The molecule has 0 fully saturated rings. The van der Waals surface area contributed by atoms with Crippen LogP contribution in [0.5, 0.6) is 11.5 Å². The molecule has 0 heterocycles. The Balaban J connectivity index is 1.48. The van der Waals surface area contributed by atoms with Crippen molar-refractivity contribution in [3.05, 3.63) is 58.7 Å². The molecule has 0 bridgehead atoms. The number of Topliss-reactive ketones (excluding diaryl/α,β-unsaturated/α-hetero) is 2. The molecule has 0 aromatic heterocycles. The van der Waals surface area contributed by atoms with Crippen LogP contribution in [0, 0.1) is 0 Å². The molecule has 152 valence electrons. The Morgan fingerprint density at radius 1 is 0.793 bits per heavy atom. The van der Waals surface area contributed by atoms with Crippen LogP contribution < -0.4 is 9.47 Å². The number of esters is 1. The first-order valence-corrected chi connectivity index (χ1v) is 9.57. The molecule has 0 amide bonds. The van der Waals surface area contributed by atoms with E-state index in [9.17, 15) is 14.4 Å². The quantitative estimate of drug-likeness (QED) is 0.476. The Morgan fingerprint density at radius 2 is 1.48 bits per heavy atom. The number of hydrogen-bond acceptors (Lipinski definition) is 6. The van der Waals surface area contributed by atoms with E-state index in [1.54, 1.807) is 12.1 Å². The first-order chi connectivity index (χ1) is 14.0. The van der Waals surface area contributed by atoms with Gasteiger partial charge in [0.15, 0.2) is 29.7 Å². The van der Waals surface area contributed by atoms with Gasteiger partial charge in [0.1, 0.15) is 0 Å². The predicted octanol–water partition coefficient (Wildman–Crippen LogP) is 3.58. The van der Waals surface area contributed by atoms with E-state index in [0.29, 0.717) is 22.6 Å². The molecule has 3 rings (SSSR count). The maximum Gasteiger partial charge on any atom is 0.306 e. The molecule has 0 saturated carbocycles. The third-order valence-electron chi connectivity index (χ3n) is 5.05. The van der Waals surface area contributed by atoms with Crippen molar-refractivity contribution >= 4 is 17.5 Å². The Morgan fingerprint density at radius 3 is 2.24 bits per heavy atom. The normalized spacial score (nSPS) is 12.2. The second-order valence-electron chi connectivity index (χ2n) is 6.91. The Bertz CT molecular complexity index is 931. The zero-order chi connectivity index (χ0) is 20.8. The summed E-state index contributed by atoms with van der Waals surface area (Å²) in [5.74, 6) is -0.101. The smallest absolute Gasteiger partial charge is 0.306 e. The van der Waals surface area contributed by atoms with Crippen molar-refractivity contribution in [3.63, 3.8) is 0 Å². The van der Waals surface area contributed by atoms with Crippen molar-refractivity contribution < 1.29 is 28.6 Å². The molecular weight excluding hydrogens is 372 g/mol. The molecule has 1 aliphatic rings. The third-order valence-corrected chi connectivity index (χ3v) is 5.05. The van der Waals surface area contributed by atoms with Crippen molar-refractivity contribution in [2.24, 2.45) is 0 Å². The van der Waals surface area contributed by atoms with Crippen LogP contribution in [0.1, 0.15) is 51.1 Å². The number of carbonyl (C=O) groups is 3. The molecule has 0 saturated heterocycles. The molecule has 0 radical (unpaired) electrons. The molecule has 2 aromatic rings. The van der Waals surface area contributed by atoms with Crippen LogP contribution in [0.4, 0.5) is 0 Å². The summed E-state index contributed by atoms with van der Waals surface area (Å²) < 4.78 is 15.3. The zero-order valence-electron chi connectivity index (χ0n) is 16.7. The van der Waals surface area contributed by atoms with Crippen LogP contribution in [0.2, 0.25) is 0 Å². The number of methoxy groups -OCH3 is 2. The number of aryl methyl sites for hydroxylation is 2. The van der Waals surface area contributed by atoms with Gasteiger partial charge in [0.2, 0.25) is 0 Å². The lowest BCUT2D eigenvalue weighted by atomic mass is 10.0. The number of rotatable bonds is 9. The number of benzene rings is 2. The summed E-state index contributed by atoms with van der Waals surface area (Å²) >= 11 is 0. The van der Waals surface area contributed by atoms with Crippen LogP contribution in [-0.4, -0.2) is 38.4 Å².